The third kappa shape index (κ3) is 4.83. The molecular formula is C21H21ClN4O4S2. The molecule has 4 rings (SSSR count). The number of rotatable bonds is 6. The van der Waals surface area contributed by atoms with E-state index in [1.165, 1.54) is 4.31 Å². The van der Waals surface area contributed by atoms with E-state index in [2.05, 4.69) is 15.5 Å². The summed E-state index contributed by atoms with van der Waals surface area (Å²) in [5.41, 5.74) is 0.575. The van der Waals surface area contributed by atoms with Crippen molar-refractivity contribution in [3.63, 3.8) is 0 Å². The highest BCUT2D eigenvalue weighted by Crippen LogP contribution is 2.29. The predicted molar refractivity (Wildman–Crippen MR) is 123 cm³/mol. The molecule has 0 atom stereocenters. The number of amides is 1. The zero-order valence-corrected chi connectivity index (χ0v) is 19.6. The minimum Gasteiger partial charge on any atom is -0.403 e. The van der Waals surface area contributed by atoms with Crippen LogP contribution < -0.4 is 5.32 Å². The first kappa shape index (κ1) is 22.8. The first-order chi connectivity index (χ1) is 15.4. The van der Waals surface area contributed by atoms with Crippen LogP contribution in [0.1, 0.15) is 12.8 Å². The molecule has 0 spiro atoms. The Labute approximate surface area is 195 Å². The molecule has 11 heteroatoms. The lowest BCUT2D eigenvalue weighted by Gasteiger charge is -2.30. The van der Waals surface area contributed by atoms with Crippen molar-refractivity contribution in [1.29, 1.82) is 0 Å². The number of nitrogens with zero attached hydrogens (tertiary/aromatic N) is 3. The number of halogens is 1. The third-order valence-electron chi connectivity index (χ3n) is 5.28. The molecule has 1 fully saturated rings. The van der Waals surface area contributed by atoms with Crippen LogP contribution in [0.25, 0.3) is 11.5 Å². The van der Waals surface area contributed by atoms with Gasteiger partial charge in [-0.1, -0.05) is 28.8 Å². The lowest BCUT2D eigenvalue weighted by atomic mass is 9.97. The van der Waals surface area contributed by atoms with Gasteiger partial charge in [-0.15, -0.1) is 16.9 Å². The molecular weight excluding hydrogens is 472 g/mol. The fourth-order valence-corrected chi connectivity index (χ4v) is 5.57. The fraction of sp³-hybridized carbons (Fsp3) is 0.286. The van der Waals surface area contributed by atoms with E-state index in [-0.39, 0.29) is 41.7 Å². The normalized spacial score (nSPS) is 15.6. The number of thioether (sulfide) groups is 1. The molecule has 32 heavy (non-hydrogen) atoms. The molecule has 1 aromatic heterocycles. The monoisotopic (exact) mass is 492 g/mol. The number of carbonyl (C=O) groups is 1. The first-order valence-electron chi connectivity index (χ1n) is 9.92. The van der Waals surface area contributed by atoms with Crippen molar-refractivity contribution in [2.24, 2.45) is 5.92 Å². The SMILES string of the molecule is CSc1ccc(S(=O)(=O)N2CCC(C(=O)Nc3nnc(-c4ccccc4Cl)o3)CC2)cc1. The summed E-state index contributed by atoms with van der Waals surface area (Å²) in [6, 6.07) is 13.8. The number of carbonyl (C=O) groups excluding carboxylic acids is 1. The maximum atomic E-state index is 12.9. The van der Waals surface area contributed by atoms with Gasteiger partial charge in [0.05, 0.1) is 15.5 Å². The van der Waals surface area contributed by atoms with E-state index >= 15 is 0 Å². The summed E-state index contributed by atoms with van der Waals surface area (Å²) >= 11 is 7.69. The highest BCUT2D eigenvalue weighted by molar-refractivity contribution is 7.98. The molecule has 0 radical (unpaired) electrons. The van der Waals surface area contributed by atoms with Gasteiger partial charge in [-0.3, -0.25) is 10.1 Å². The Morgan fingerprint density at radius 3 is 2.47 bits per heavy atom. The molecule has 1 N–H and O–H groups in total. The Hall–Kier alpha value is -2.40. The number of nitrogens with one attached hydrogen (secondary N) is 1. The minimum absolute atomic E-state index is 0.0196. The summed E-state index contributed by atoms with van der Waals surface area (Å²) in [6.07, 6.45) is 2.74. The van der Waals surface area contributed by atoms with Crippen LogP contribution in [0.4, 0.5) is 6.01 Å². The van der Waals surface area contributed by atoms with E-state index in [1.807, 2.05) is 6.26 Å². The zero-order chi connectivity index (χ0) is 22.7. The maximum absolute atomic E-state index is 12.9. The lowest BCUT2D eigenvalue weighted by Crippen LogP contribution is -2.41. The number of hydrogen-bond acceptors (Lipinski definition) is 7. The van der Waals surface area contributed by atoms with E-state index in [0.29, 0.717) is 23.4 Å². The fourth-order valence-electron chi connectivity index (χ4n) is 3.48. The van der Waals surface area contributed by atoms with Crippen molar-refractivity contribution < 1.29 is 17.6 Å². The van der Waals surface area contributed by atoms with Crippen molar-refractivity contribution >= 4 is 45.3 Å². The summed E-state index contributed by atoms with van der Waals surface area (Å²) in [4.78, 5) is 13.9. The summed E-state index contributed by atoms with van der Waals surface area (Å²) < 4.78 is 32.7. The number of piperidine rings is 1. The summed E-state index contributed by atoms with van der Waals surface area (Å²) in [6.45, 7) is 0.527. The Balaban J connectivity index is 1.36. The average Bonchev–Trinajstić information content (AvgIpc) is 3.27. The number of benzene rings is 2. The number of sulfonamides is 1. The molecule has 3 aromatic rings. The second kappa shape index (κ2) is 9.62. The van der Waals surface area contributed by atoms with Gasteiger partial charge in [0.25, 0.3) is 5.89 Å². The predicted octanol–water partition coefficient (Wildman–Crippen LogP) is 4.15. The van der Waals surface area contributed by atoms with Crippen LogP contribution in [-0.4, -0.2) is 48.2 Å². The van der Waals surface area contributed by atoms with Crippen LogP contribution >= 0.6 is 23.4 Å². The Morgan fingerprint density at radius 2 is 1.81 bits per heavy atom. The Kier molecular flexibility index (Phi) is 6.85. The van der Waals surface area contributed by atoms with Gasteiger partial charge < -0.3 is 4.42 Å². The second-order valence-corrected chi connectivity index (χ2v) is 10.5. The molecule has 2 aromatic carbocycles. The second-order valence-electron chi connectivity index (χ2n) is 7.24. The van der Waals surface area contributed by atoms with E-state index in [0.717, 1.165) is 4.90 Å². The molecule has 168 valence electrons. The van der Waals surface area contributed by atoms with Crippen LogP contribution in [0.15, 0.2) is 62.7 Å². The van der Waals surface area contributed by atoms with Crippen LogP contribution in [0.2, 0.25) is 5.02 Å². The van der Waals surface area contributed by atoms with Gasteiger partial charge in [-0.2, -0.15) is 4.31 Å². The molecule has 0 unspecified atom stereocenters. The van der Waals surface area contributed by atoms with Gasteiger partial charge in [0.15, 0.2) is 0 Å². The average molecular weight is 493 g/mol. The Morgan fingerprint density at radius 1 is 1.12 bits per heavy atom. The van der Waals surface area contributed by atoms with Gasteiger partial charge >= 0.3 is 6.01 Å². The molecule has 0 saturated carbocycles. The van der Waals surface area contributed by atoms with E-state index in [1.54, 1.807) is 60.3 Å². The molecule has 8 nitrogen and oxygen atoms in total. The minimum atomic E-state index is -3.59. The van der Waals surface area contributed by atoms with Gasteiger partial charge in [0.1, 0.15) is 0 Å². The summed E-state index contributed by atoms with van der Waals surface area (Å²) in [7, 11) is -3.59. The number of anilines is 1. The van der Waals surface area contributed by atoms with Crippen molar-refractivity contribution in [3.05, 3.63) is 53.6 Å². The van der Waals surface area contributed by atoms with Gasteiger partial charge in [0.2, 0.25) is 15.9 Å². The van der Waals surface area contributed by atoms with Crippen molar-refractivity contribution in [2.75, 3.05) is 24.7 Å². The van der Waals surface area contributed by atoms with E-state index in [9.17, 15) is 13.2 Å². The molecule has 2 heterocycles. The molecule has 1 aliphatic rings. The Bertz CT molecular complexity index is 1210. The van der Waals surface area contributed by atoms with Crippen LogP contribution in [0, 0.1) is 5.92 Å². The first-order valence-corrected chi connectivity index (χ1v) is 13.0. The van der Waals surface area contributed by atoms with E-state index < -0.39 is 10.0 Å². The number of hydrogen-bond donors (Lipinski definition) is 1. The standard InChI is InChI=1S/C21H21ClN4O4S2/c1-31-15-6-8-16(9-7-15)32(28,29)26-12-10-14(11-13-26)19(27)23-21-25-24-20(30-21)17-4-2-3-5-18(17)22/h2-9,14H,10-13H2,1H3,(H,23,25,27). The summed E-state index contributed by atoms with van der Waals surface area (Å²) in [5, 5.41) is 10.9. The molecule has 0 aliphatic carbocycles. The van der Waals surface area contributed by atoms with Crippen LogP contribution in [-0.2, 0) is 14.8 Å². The maximum Gasteiger partial charge on any atom is 0.322 e. The third-order valence-corrected chi connectivity index (χ3v) is 8.27. The van der Waals surface area contributed by atoms with Gasteiger partial charge in [-0.25, -0.2) is 8.42 Å². The smallest absolute Gasteiger partial charge is 0.322 e. The van der Waals surface area contributed by atoms with Crippen molar-refractivity contribution in [2.45, 2.75) is 22.6 Å². The zero-order valence-electron chi connectivity index (χ0n) is 17.2. The molecule has 1 saturated heterocycles. The molecule has 0 bridgehead atoms. The van der Waals surface area contributed by atoms with Gasteiger partial charge in [0, 0.05) is 23.9 Å². The van der Waals surface area contributed by atoms with Gasteiger partial charge in [-0.05, 0) is 55.5 Å². The van der Waals surface area contributed by atoms with Crippen molar-refractivity contribution in [3.8, 4) is 11.5 Å². The number of aromatic nitrogens is 2. The van der Waals surface area contributed by atoms with Crippen molar-refractivity contribution in [1.82, 2.24) is 14.5 Å². The van der Waals surface area contributed by atoms with E-state index in [4.69, 9.17) is 16.0 Å². The largest absolute Gasteiger partial charge is 0.403 e. The quantitative estimate of drug-likeness (QED) is 0.515. The highest BCUT2D eigenvalue weighted by Gasteiger charge is 2.32. The molecule has 1 aliphatic heterocycles. The summed E-state index contributed by atoms with van der Waals surface area (Å²) in [5.74, 6) is -0.420. The van der Waals surface area contributed by atoms with Crippen LogP contribution in [0.5, 0.6) is 0 Å². The van der Waals surface area contributed by atoms with Crippen LogP contribution in [0.3, 0.4) is 0 Å². The highest BCUT2D eigenvalue weighted by atomic mass is 35.5. The topological polar surface area (TPSA) is 105 Å². The molecule has 1 amide bonds. The lowest BCUT2D eigenvalue weighted by molar-refractivity contribution is -0.121.